The molecule has 0 amide bonds. The van der Waals surface area contributed by atoms with Crippen LogP contribution >= 0.6 is 0 Å². The maximum Gasteiger partial charge on any atom is 0.0106 e. The summed E-state index contributed by atoms with van der Waals surface area (Å²) in [6.07, 6.45) is 7.17. The predicted molar refractivity (Wildman–Crippen MR) is 48.6 cm³/mol. The fourth-order valence-corrected chi connectivity index (χ4v) is 0.257. The quantitative estimate of drug-likeness (QED) is 0.543. The molecule has 0 aromatic carbocycles. The Morgan fingerprint density at radius 3 is 2.00 bits per heavy atom. The molecule has 0 spiro atoms. The van der Waals surface area contributed by atoms with Crippen LogP contribution in [-0.4, -0.2) is 11.9 Å². The lowest BCUT2D eigenvalue weighted by molar-refractivity contribution is 0.628. The van der Waals surface area contributed by atoms with Crippen molar-refractivity contribution in [2.45, 2.75) is 13.8 Å². The Kier molecular flexibility index (Phi) is 12.8. The fraction of sp³-hybridized carbons (Fsp3) is 0.333. The van der Waals surface area contributed by atoms with Gasteiger partial charge in [0, 0.05) is 13.2 Å². The molecule has 0 aliphatic carbocycles. The maximum absolute atomic E-state index is 3.55. The van der Waals surface area contributed by atoms with Crippen molar-refractivity contribution in [2.75, 3.05) is 7.05 Å². The van der Waals surface area contributed by atoms with E-state index in [1.54, 1.807) is 12.3 Å². The van der Waals surface area contributed by atoms with Crippen LogP contribution in [-0.2, 0) is 0 Å². The molecule has 0 rings (SSSR count). The number of nitrogens with zero attached hydrogens (tertiary/aromatic N) is 1. The second-order valence-electron chi connectivity index (χ2n) is 1.43. The average Bonchev–Trinajstić information content (AvgIpc) is 2.04. The Balaban J connectivity index is 0. The van der Waals surface area contributed by atoms with Crippen LogP contribution in [0.2, 0.25) is 0 Å². The molecule has 58 valence electrons. The van der Waals surface area contributed by atoms with Gasteiger partial charge in [0.2, 0.25) is 0 Å². The van der Waals surface area contributed by atoms with E-state index in [9.17, 15) is 0 Å². The number of rotatable bonds is 3. The lowest BCUT2D eigenvalue weighted by Crippen LogP contribution is -1.97. The molecule has 0 fully saturated rings. The molecular formula is C9H17N. The zero-order valence-corrected chi connectivity index (χ0v) is 7.17. The number of hydrogen-bond acceptors (Lipinski definition) is 1. The molecule has 0 aromatic heterocycles. The van der Waals surface area contributed by atoms with Gasteiger partial charge in [-0.25, -0.2) is 0 Å². The standard InChI is InChI=1S/C7H11N.C2H6/c1-4-6-7-8(3)5-2;1-2/h4-7H,1-2H2,3H3;1-2H3/b7-6-;. The summed E-state index contributed by atoms with van der Waals surface area (Å²) in [5.41, 5.74) is 0. The zero-order valence-electron chi connectivity index (χ0n) is 7.17. The van der Waals surface area contributed by atoms with E-state index >= 15 is 0 Å². The van der Waals surface area contributed by atoms with Crippen molar-refractivity contribution in [1.82, 2.24) is 4.90 Å². The molecule has 0 N–H and O–H groups in total. The molecule has 0 saturated heterocycles. The Labute approximate surface area is 64.4 Å². The first-order valence-corrected chi connectivity index (χ1v) is 3.45. The van der Waals surface area contributed by atoms with Crippen LogP contribution in [0.4, 0.5) is 0 Å². The third kappa shape index (κ3) is 10.1. The number of hydrogen-bond donors (Lipinski definition) is 0. The Morgan fingerprint density at radius 1 is 1.20 bits per heavy atom. The van der Waals surface area contributed by atoms with Gasteiger partial charge in [-0.1, -0.05) is 33.1 Å². The van der Waals surface area contributed by atoms with Crippen molar-refractivity contribution in [3.63, 3.8) is 0 Å². The highest BCUT2D eigenvalue weighted by Gasteiger charge is 1.72. The van der Waals surface area contributed by atoms with Crippen LogP contribution in [0.3, 0.4) is 0 Å². The van der Waals surface area contributed by atoms with Crippen molar-refractivity contribution in [1.29, 1.82) is 0 Å². The van der Waals surface area contributed by atoms with Gasteiger partial charge in [-0.15, -0.1) is 0 Å². The summed E-state index contributed by atoms with van der Waals surface area (Å²) in [7, 11) is 1.91. The lowest BCUT2D eigenvalue weighted by Gasteiger charge is -2.02. The van der Waals surface area contributed by atoms with Crippen LogP contribution < -0.4 is 0 Å². The largest absolute Gasteiger partial charge is 0.358 e. The Bertz CT molecular complexity index is 103. The molecule has 0 bridgehead atoms. The van der Waals surface area contributed by atoms with Crippen LogP contribution in [0.15, 0.2) is 37.7 Å². The minimum absolute atomic E-state index is 1.72. The molecular weight excluding hydrogens is 122 g/mol. The summed E-state index contributed by atoms with van der Waals surface area (Å²) in [6, 6.07) is 0. The SMILES string of the molecule is C=C/C=C\N(C)C=C.CC. The summed E-state index contributed by atoms with van der Waals surface area (Å²) < 4.78 is 0. The summed E-state index contributed by atoms with van der Waals surface area (Å²) >= 11 is 0. The highest BCUT2D eigenvalue weighted by Crippen LogP contribution is 1.82. The van der Waals surface area contributed by atoms with E-state index in [2.05, 4.69) is 13.2 Å². The first-order chi connectivity index (χ1) is 4.81. The normalized spacial score (nSPS) is 7.90. The van der Waals surface area contributed by atoms with Crippen molar-refractivity contribution < 1.29 is 0 Å². The van der Waals surface area contributed by atoms with Gasteiger partial charge in [0.15, 0.2) is 0 Å². The van der Waals surface area contributed by atoms with Gasteiger partial charge in [0.05, 0.1) is 0 Å². The maximum atomic E-state index is 3.55. The first-order valence-electron chi connectivity index (χ1n) is 3.45. The van der Waals surface area contributed by atoms with E-state index in [1.165, 1.54) is 0 Å². The molecule has 0 aliphatic rings. The van der Waals surface area contributed by atoms with Crippen LogP contribution in [0.25, 0.3) is 0 Å². The molecule has 0 aliphatic heterocycles. The lowest BCUT2D eigenvalue weighted by atomic mass is 10.6. The molecule has 1 nitrogen and oxygen atoms in total. The van der Waals surface area contributed by atoms with Gasteiger partial charge < -0.3 is 4.90 Å². The van der Waals surface area contributed by atoms with Crippen LogP contribution in [0.1, 0.15) is 13.8 Å². The van der Waals surface area contributed by atoms with E-state index in [1.807, 2.05) is 38.1 Å². The van der Waals surface area contributed by atoms with Gasteiger partial charge in [-0.05, 0) is 12.3 Å². The molecule has 0 aromatic rings. The summed E-state index contributed by atoms with van der Waals surface area (Å²) in [5, 5.41) is 0. The second-order valence-corrected chi connectivity index (χ2v) is 1.43. The van der Waals surface area contributed by atoms with Crippen molar-refractivity contribution in [3.05, 3.63) is 37.7 Å². The van der Waals surface area contributed by atoms with Crippen LogP contribution in [0.5, 0.6) is 0 Å². The summed E-state index contributed by atoms with van der Waals surface area (Å²) in [4.78, 5) is 1.85. The van der Waals surface area contributed by atoms with E-state index < -0.39 is 0 Å². The Morgan fingerprint density at radius 2 is 1.70 bits per heavy atom. The minimum Gasteiger partial charge on any atom is -0.358 e. The van der Waals surface area contributed by atoms with Gasteiger partial charge in [0.25, 0.3) is 0 Å². The molecule has 0 atom stereocenters. The smallest absolute Gasteiger partial charge is 0.0106 e. The highest BCUT2D eigenvalue weighted by atomic mass is 15.0. The monoisotopic (exact) mass is 139 g/mol. The molecule has 0 unspecified atom stereocenters. The fourth-order valence-electron chi connectivity index (χ4n) is 0.257. The highest BCUT2D eigenvalue weighted by molar-refractivity contribution is 4.97. The predicted octanol–water partition coefficient (Wildman–Crippen LogP) is 2.79. The van der Waals surface area contributed by atoms with E-state index in [4.69, 9.17) is 0 Å². The Hall–Kier alpha value is -0.980. The average molecular weight is 139 g/mol. The molecule has 1 heteroatoms. The second kappa shape index (κ2) is 10.9. The van der Waals surface area contributed by atoms with Crippen molar-refractivity contribution >= 4 is 0 Å². The third-order valence-corrected chi connectivity index (χ3v) is 0.745. The molecule has 0 saturated carbocycles. The third-order valence-electron chi connectivity index (χ3n) is 0.745. The van der Waals surface area contributed by atoms with Crippen molar-refractivity contribution in [3.8, 4) is 0 Å². The van der Waals surface area contributed by atoms with Crippen molar-refractivity contribution in [2.24, 2.45) is 0 Å². The molecule has 0 radical (unpaired) electrons. The summed E-state index contributed by atoms with van der Waals surface area (Å²) in [6.45, 7) is 11.1. The topological polar surface area (TPSA) is 3.24 Å². The van der Waals surface area contributed by atoms with Gasteiger partial charge in [-0.2, -0.15) is 0 Å². The van der Waals surface area contributed by atoms with Gasteiger partial charge >= 0.3 is 0 Å². The molecule has 10 heavy (non-hydrogen) atoms. The zero-order chi connectivity index (χ0) is 8.41. The summed E-state index contributed by atoms with van der Waals surface area (Å²) in [5.74, 6) is 0. The first kappa shape index (κ1) is 11.8. The van der Waals surface area contributed by atoms with Gasteiger partial charge in [0.1, 0.15) is 0 Å². The van der Waals surface area contributed by atoms with E-state index in [0.29, 0.717) is 0 Å². The number of allylic oxidation sites excluding steroid dienone is 2. The van der Waals surface area contributed by atoms with Gasteiger partial charge in [-0.3, -0.25) is 0 Å². The van der Waals surface area contributed by atoms with E-state index in [-0.39, 0.29) is 0 Å². The minimum atomic E-state index is 1.72. The molecule has 0 heterocycles. The van der Waals surface area contributed by atoms with Crippen LogP contribution in [0, 0.1) is 0 Å². The van der Waals surface area contributed by atoms with E-state index in [0.717, 1.165) is 0 Å².